The maximum Gasteiger partial charge on any atom is 0.324 e. The Morgan fingerprint density at radius 2 is 2.53 bits per heavy atom. The monoisotopic (exact) mass is 255 g/mol. The molecule has 6 nitrogen and oxygen atoms in total. The van der Waals surface area contributed by atoms with Gasteiger partial charge in [-0.25, -0.2) is 0 Å². The van der Waals surface area contributed by atoms with E-state index in [1.807, 2.05) is 0 Å². The topological polar surface area (TPSA) is 84.3 Å². The fraction of sp³-hybridized carbons (Fsp3) is 0.500. The lowest BCUT2D eigenvalue weighted by molar-refractivity contribution is -0.380. The van der Waals surface area contributed by atoms with Gasteiger partial charge in [0.25, 0.3) is 5.91 Å². The summed E-state index contributed by atoms with van der Waals surface area (Å²) in [6.07, 6.45) is 1.06. The van der Waals surface area contributed by atoms with E-state index in [2.05, 4.69) is 10.6 Å². The quantitative estimate of drug-likeness (QED) is 0.621. The van der Waals surface area contributed by atoms with Gasteiger partial charge in [0, 0.05) is 18.0 Å². The molecule has 0 spiro atoms. The van der Waals surface area contributed by atoms with Gasteiger partial charge in [0.15, 0.2) is 0 Å². The highest BCUT2D eigenvalue weighted by Gasteiger charge is 2.18. The Labute approximate surface area is 102 Å². The highest BCUT2D eigenvalue weighted by atomic mass is 32.1. The number of rotatable bonds is 4. The van der Waals surface area contributed by atoms with Gasteiger partial charge in [-0.2, -0.15) is 0 Å². The second kappa shape index (κ2) is 5.24. The molecular formula is C10H13N3O3S. The Bertz CT molecular complexity index is 426. The van der Waals surface area contributed by atoms with E-state index >= 15 is 0 Å². The third-order valence-corrected chi connectivity index (χ3v) is 3.62. The average Bonchev–Trinajstić information content (AvgIpc) is 2.96. The van der Waals surface area contributed by atoms with E-state index in [0.717, 1.165) is 30.8 Å². The molecule has 0 saturated carbocycles. The summed E-state index contributed by atoms with van der Waals surface area (Å²) < 4.78 is 0. The Balaban J connectivity index is 1.87. The number of nitro groups is 1. The Morgan fingerprint density at radius 3 is 3.12 bits per heavy atom. The van der Waals surface area contributed by atoms with Crippen molar-refractivity contribution in [2.24, 2.45) is 5.92 Å². The Morgan fingerprint density at radius 1 is 1.71 bits per heavy atom. The summed E-state index contributed by atoms with van der Waals surface area (Å²) in [4.78, 5) is 21.7. The summed E-state index contributed by atoms with van der Waals surface area (Å²) in [7, 11) is 0. The zero-order valence-electron chi connectivity index (χ0n) is 9.14. The Kier molecular flexibility index (Phi) is 3.70. The minimum atomic E-state index is -0.484. The molecule has 0 bridgehead atoms. The van der Waals surface area contributed by atoms with Crippen LogP contribution < -0.4 is 10.6 Å². The number of thiophene rings is 1. The van der Waals surface area contributed by atoms with Gasteiger partial charge in [0.05, 0.1) is 10.5 Å². The van der Waals surface area contributed by atoms with E-state index in [-0.39, 0.29) is 10.9 Å². The van der Waals surface area contributed by atoms with Crippen LogP contribution in [0.3, 0.4) is 0 Å². The minimum absolute atomic E-state index is 0.00215. The van der Waals surface area contributed by atoms with Gasteiger partial charge in [-0.1, -0.05) is 11.3 Å². The molecule has 1 amide bonds. The maximum absolute atomic E-state index is 11.7. The number of nitrogens with zero attached hydrogens (tertiary/aromatic N) is 1. The summed E-state index contributed by atoms with van der Waals surface area (Å²) in [5.41, 5.74) is 0.368. The number of hydrogen-bond acceptors (Lipinski definition) is 5. The van der Waals surface area contributed by atoms with E-state index in [9.17, 15) is 14.9 Å². The Hall–Kier alpha value is -1.47. The van der Waals surface area contributed by atoms with Crippen molar-refractivity contribution in [2.45, 2.75) is 6.42 Å². The van der Waals surface area contributed by atoms with E-state index in [0.29, 0.717) is 18.0 Å². The summed E-state index contributed by atoms with van der Waals surface area (Å²) in [5.74, 6) is 0.230. The van der Waals surface area contributed by atoms with Gasteiger partial charge < -0.3 is 10.6 Å². The molecule has 2 heterocycles. The number of carbonyl (C=O) groups is 1. The van der Waals surface area contributed by atoms with Gasteiger partial charge in [-0.15, -0.1) is 0 Å². The fourth-order valence-electron chi connectivity index (χ4n) is 1.77. The molecule has 7 heteroatoms. The van der Waals surface area contributed by atoms with E-state index in [1.54, 1.807) is 0 Å². The number of amides is 1. The lowest BCUT2D eigenvalue weighted by Crippen LogP contribution is -2.29. The van der Waals surface area contributed by atoms with E-state index in [4.69, 9.17) is 0 Å². The van der Waals surface area contributed by atoms with Crippen LogP contribution in [0.1, 0.15) is 16.8 Å². The molecule has 1 unspecified atom stereocenters. The van der Waals surface area contributed by atoms with Crippen LogP contribution in [0.2, 0.25) is 0 Å². The van der Waals surface area contributed by atoms with Crippen molar-refractivity contribution in [3.05, 3.63) is 27.1 Å². The first-order valence-corrected chi connectivity index (χ1v) is 6.26. The molecule has 2 rings (SSSR count). The molecule has 1 aromatic heterocycles. The standard InChI is InChI=1S/C10H13N3O3S/c14-10(12-5-7-1-2-11-4-7)8-3-9(13(15)16)17-6-8/h3,6-7,11H,1-2,4-5H2,(H,12,14). The normalized spacial score (nSPS) is 19.2. The number of carbonyl (C=O) groups excluding carboxylic acids is 1. The van der Waals surface area contributed by atoms with E-state index in [1.165, 1.54) is 11.4 Å². The summed E-state index contributed by atoms with van der Waals surface area (Å²) in [5, 5.41) is 18.0. The van der Waals surface area contributed by atoms with Crippen molar-refractivity contribution in [2.75, 3.05) is 19.6 Å². The van der Waals surface area contributed by atoms with Gasteiger partial charge in [0.1, 0.15) is 0 Å². The molecule has 1 saturated heterocycles. The highest BCUT2D eigenvalue weighted by Crippen LogP contribution is 2.22. The van der Waals surface area contributed by atoms with Gasteiger partial charge >= 0.3 is 5.00 Å². The largest absolute Gasteiger partial charge is 0.352 e. The van der Waals surface area contributed by atoms with E-state index < -0.39 is 4.92 Å². The zero-order valence-corrected chi connectivity index (χ0v) is 9.96. The zero-order chi connectivity index (χ0) is 12.3. The first kappa shape index (κ1) is 12.0. The lowest BCUT2D eigenvalue weighted by Gasteiger charge is -2.08. The van der Waals surface area contributed by atoms with Gasteiger partial charge in [-0.3, -0.25) is 14.9 Å². The number of nitrogens with one attached hydrogen (secondary N) is 2. The molecule has 1 atom stereocenters. The molecule has 1 fully saturated rings. The summed E-state index contributed by atoms with van der Waals surface area (Å²) in [6, 6.07) is 1.31. The number of hydrogen-bond donors (Lipinski definition) is 2. The predicted octanol–water partition coefficient (Wildman–Crippen LogP) is 0.996. The first-order valence-electron chi connectivity index (χ1n) is 5.38. The molecule has 0 aliphatic carbocycles. The van der Waals surface area contributed by atoms with Crippen molar-refractivity contribution < 1.29 is 9.72 Å². The van der Waals surface area contributed by atoms with Crippen molar-refractivity contribution in [1.29, 1.82) is 0 Å². The highest BCUT2D eigenvalue weighted by molar-refractivity contribution is 7.13. The lowest BCUT2D eigenvalue weighted by atomic mass is 10.1. The van der Waals surface area contributed by atoms with Crippen molar-refractivity contribution >= 4 is 22.2 Å². The molecule has 1 aromatic rings. The van der Waals surface area contributed by atoms with Crippen LogP contribution >= 0.6 is 11.3 Å². The smallest absolute Gasteiger partial charge is 0.324 e. The second-order valence-corrected chi connectivity index (χ2v) is 4.89. The third-order valence-electron chi connectivity index (χ3n) is 2.74. The molecule has 1 aliphatic rings. The van der Waals surface area contributed by atoms with Crippen LogP contribution in [0.15, 0.2) is 11.4 Å². The summed E-state index contributed by atoms with van der Waals surface area (Å²) in [6.45, 7) is 2.53. The maximum atomic E-state index is 11.7. The van der Waals surface area contributed by atoms with Gasteiger partial charge in [0.2, 0.25) is 0 Å². The SMILES string of the molecule is O=C(NCC1CCNC1)c1csc([N+](=O)[O-])c1. The average molecular weight is 255 g/mol. The van der Waals surface area contributed by atoms with Crippen LogP contribution in [0.5, 0.6) is 0 Å². The van der Waals surface area contributed by atoms with Gasteiger partial charge in [-0.05, 0) is 25.4 Å². The second-order valence-electron chi connectivity index (χ2n) is 4.00. The summed E-state index contributed by atoms with van der Waals surface area (Å²) >= 11 is 0.972. The molecule has 1 aliphatic heterocycles. The molecule has 2 N–H and O–H groups in total. The van der Waals surface area contributed by atoms with Crippen LogP contribution in [0, 0.1) is 16.0 Å². The molecule has 0 aromatic carbocycles. The van der Waals surface area contributed by atoms with Crippen LogP contribution in [-0.2, 0) is 0 Å². The third kappa shape index (κ3) is 3.01. The molecule has 92 valence electrons. The fourth-order valence-corrected chi connectivity index (χ4v) is 2.47. The molecule has 17 heavy (non-hydrogen) atoms. The van der Waals surface area contributed by atoms with Crippen molar-refractivity contribution in [3.63, 3.8) is 0 Å². The molecule has 0 radical (unpaired) electrons. The molecular weight excluding hydrogens is 242 g/mol. The van der Waals surface area contributed by atoms with Crippen molar-refractivity contribution in [1.82, 2.24) is 10.6 Å². The van der Waals surface area contributed by atoms with Crippen LogP contribution in [0.25, 0.3) is 0 Å². The first-order chi connectivity index (χ1) is 8.16. The van der Waals surface area contributed by atoms with Crippen LogP contribution in [0.4, 0.5) is 5.00 Å². The van der Waals surface area contributed by atoms with Crippen molar-refractivity contribution in [3.8, 4) is 0 Å². The van der Waals surface area contributed by atoms with Crippen LogP contribution in [-0.4, -0.2) is 30.5 Å². The minimum Gasteiger partial charge on any atom is -0.352 e. The predicted molar refractivity (Wildman–Crippen MR) is 64.3 cm³/mol.